The van der Waals surface area contributed by atoms with E-state index in [-0.39, 0.29) is 0 Å². The van der Waals surface area contributed by atoms with Gasteiger partial charge in [0.25, 0.3) is 0 Å². The molecule has 0 saturated heterocycles. The van der Waals surface area contributed by atoms with Crippen LogP contribution in [-0.2, 0) is 0 Å². The molecule has 0 amide bonds. The number of hydrogen-bond acceptors (Lipinski definition) is 5. The Balaban J connectivity index is 2.33. The molecule has 2 aromatic rings. The van der Waals surface area contributed by atoms with Gasteiger partial charge in [-0.3, -0.25) is 0 Å². The number of fused-ring (bicyclic) bond motifs is 1. The Labute approximate surface area is 124 Å². The molecule has 0 fully saturated rings. The summed E-state index contributed by atoms with van der Waals surface area (Å²) in [4.78, 5) is 9.18. The second-order valence-corrected chi connectivity index (χ2v) is 5.75. The van der Waals surface area contributed by atoms with Crippen molar-refractivity contribution in [2.45, 2.75) is 26.3 Å². The topological polar surface area (TPSA) is 49.8 Å². The maximum atomic E-state index is 4.62. The molecule has 1 aromatic carbocycles. The average molecular weight is 290 g/mol. The molecular formula is C15H22N4S. The summed E-state index contributed by atoms with van der Waals surface area (Å²) in [5.74, 6) is 2.66. The molecule has 2 N–H and O–H groups in total. The molecule has 1 unspecified atom stereocenters. The molecule has 4 nitrogen and oxygen atoms in total. The summed E-state index contributed by atoms with van der Waals surface area (Å²) in [7, 11) is 0. The number of benzene rings is 1. The van der Waals surface area contributed by atoms with Crippen LogP contribution in [0.4, 0.5) is 11.8 Å². The molecule has 2 rings (SSSR count). The second-order valence-electron chi connectivity index (χ2n) is 4.84. The highest BCUT2D eigenvalue weighted by molar-refractivity contribution is 7.98. The third-order valence-corrected chi connectivity index (χ3v) is 3.77. The van der Waals surface area contributed by atoms with Gasteiger partial charge in [-0.1, -0.05) is 19.1 Å². The van der Waals surface area contributed by atoms with E-state index in [1.165, 1.54) is 0 Å². The summed E-state index contributed by atoms with van der Waals surface area (Å²) in [6.07, 6.45) is 3.17. The van der Waals surface area contributed by atoms with Crippen LogP contribution in [0.3, 0.4) is 0 Å². The van der Waals surface area contributed by atoms with Crippen molar-refractivity contribution in [1.29, 1.82) is 0 Å². The van der Waals surface area contributed by atoms with E-state index < -0.39 is 0 Å². The van der Waals surface area contributed by atoms with Gasteiger partial charge < -0.3 is 10.6 Å². The minimum Gasteiger partial charge on any atom is -0.366 e. The number of nitrogens with zero attached hydrogens (tertiary/aromatic N) is 2. The van der Waals surface area contributed by atoms with Crippen molar-refractivity contribution in [2.24, 2.45) is 0 Å². The molecule has 0 radical (unpaired) electrons. The first-order valence-corrected chi connectivity index (χ1v) is 8.40. The van der Waals surface area contributed by atoms with Crippen molar-refractivity contribution in [3.05, 3.63) is 24.3 Å². The van der Waals surface area contributed by atoms with E-state index in [9.17, 15) is 0 Å². The molecule has 1 aromatic heterocycles. The van der Waals surface area contributed by atoms with Crippen LogP contribution in [0.25, 0.3) is 10.9 Å². The molecule has 0 aliphatic carbocycles. The molecule has 0 aliphatic rings. The number of anilines is 2. The van der Waals surface area contributed by atoms with Crippen LogP contribution < -0.4 is 10.6 Å². The molecule has 108 valence electrons. The minimum atomic E-state index is 0.377. The fourth-order valence-electron chi connectivity index (χ4n) is 2.03. The first kappa shape index (κ1) is 14.9. The lowest BCUT2D eigenvalue weighted by Gasteiger charge is -2.16. The number of aromatic nitrogens is 2. The Morgan fingerprint density at radius 1 is 1.25 bits per heavy atom. The predicted octanol–water partition coefficient (Wildman–Crippen LogP) is 3.62. The molecule has 0 bridgehead atoms. The maximum absolute atomic E-state index is 4.62. The van der Waals surface area contributed by atoms with E-state index >= 15 is 0 Å². The lowest BCUT2D eigenvalue weighted by atomic mass is 10.2. The lowest BCUT2D eigenvalue weighted by Crippen LogP contribution is -2.19. The summed E-state index contributed by atoms with van der Waals surface area (Å²) < 4.78 is 0. The number of nitrogens with one attached hydrogen (secondary N) is 2. The van der Waals surface area contributed by atoms with Gasteiger partial charge in [-0.15, -0.1) is 0 Å². The highest BCUT2D eigenvalue weighted by atomic mass is 32.2. The van der Waals surface area contributed by atoms with E-state index in [2.05, 4.69) is 46.8 Å². The predicted molar refractivity (Wildman–Crippen MR) is 89.8 cm³/mol. The Kier molecular flexibility index (Phi) is 5.47. The van der Waals surface area contributed by atoms with Crippen molar-refractivity contribution in [1.82, 2.24) is 9.97 Å². The zero-order chi connectivity index (χ0) is 14.4. The Bertz CT molecular complexity index is 559. The highest BCUT2D eigenvalue weighted by Crippen LogP contribution is 2.22. The second kappa shape index (κ2) is 7.33. The van der Waals surface area contributed by atoms with Gasteiger partial charge in [-0.25, -0.2) is 4.98 Å². The minimum absolute atomic E-state index is 0.377. The van der Waals surface area contributed by atoms with Crippen LogP contribution in [0.1, 0.15) is 20.3 Å². The van der Waals surface area contributed by atoms with Gasteiger partial charge in [0, 0.05) is 23.7 Å². The van der Waals surface area contributed by atoms with E-state index in [0.717, 1.165) is 35.4 Å². The Morgan fingerprint density at radius 3 is 2.80 bits per heavy atom. The zero-order valence-electron chi connectivity index (χ0n) is 12.3. The molecule has 0 aliphatic heterocycles. The largest absolute Gasteiger partial charge is 0.366 e. The van der Waals surface area contributed by atoms with Gasteiger partial charge in [0.2, 0.25) is 5.95 Å². The summed E-state index contributed by atoms with van der Waals surface area (Å²) in [6, 6.07) is 8.50. The summed E-state index contributed by atoms with van der Waals surface area (Å²) in [6.45, 7) is 5.19. The van der Waals surface area contributed by atoms with Crippen molar-refractivity contribution in [3.63, 3.8) is 0 Å². The summed E-state index contributed by atoms with van der Waals surface area (Å²) in [5, 5.41) is 7.83. The SMILES string of the molecule is CCCNc1nc(NC(C)CSC)c2ccccc2n1. The molecule has 20 heavy (non-hydrogen) atoms. The smallest absolute Gasteiger partial charge is 0.225 e. The molecule has 1 heterocycles. The molecular weight excluding hydrogens is 268 g/mol. The van der Waals surface area contributed by atoms with Gasteiger partial charge in [-0.2, -0.15) is 16.7 Å². The lowest BCUT2D eigenvalue weighted by molar-refractivity contribution is 0.901. The van der Waals surface area contributed by atoms with Crippen LogP contribution in [0.2, 0.25) is 0 Å². The molecule has 5 heteroatoms. The van der Waals surface area contributed by atoms with E-state index in [0.29, 0.717) is 12.0 Å². The van der Waals surface area contributed by atoms with Gasteiger partial charge >= 0.3 is 0 Å². The number of para-hydroxylation sites is 1. The zero-order valence-corrected chi connectivity index (χ0v) is 13.1. The van der Waals surface area contributed by atoms with Crippen LogP contribution in [-0.4, -0.2) is 34.6 Å². The normalized spacial score (nSPS) is 12.3. The van der Waals surface area contributed by atoms with Gasteiger partial charge in [0.05, 0.1) is 5.52 Å². The monoisotopic (exact) mass is 290 g/mol. The fourth-order valence-corrected chi connectivity index (χ4v) is 2.61. The van der Waals surface area contributed by atoms with Crippen molar-refractivity contribution < 1.29 is 0 Å². The molecule has 1 atom stereocenters. The van der Waals surface area contributed by atoms with Crippen LogP contribution in [0.15, 0.2) is 24.3 Å². The fraction of sp³-hybridized carbons (Fsp3) is 0.467. The van der Waals surface area contributed by atoms with Crippen LogP contribution >= 0.6 is 11.8 Å². The van der Waals surface area contributed by atoms with Crippen LogP contribution in [0, 0.1) is 0 Å². The quantitative estimate of drug-likeness (QED) is 0.815. The average Bonchev–Trinajstić information content (AvgIpc) is 2.45. The standard InChI is InChI=1S/C15H22N4S/c1-4-9-16-15-18-13-8-6-5-7-12(13)14(19-15)17-11(2)10-20-3/h5-8,11H,4,9-10H2,1-3H3,(H2,16,17,18,19). The third kappa shape index (κ3) is 3.76. The summed E-state index contributed by atoms with van der Waals surface area (Å²) in [5.41, 5.74) is 0.972. The van der Waals surface area contributed by atoms with Crippen molar-refractivity contribution >= 4 is 34.4 Å². The van der Waals surface area contributed by atoms with Gasteiger partial charge in [0.1, 0.15) is 5.82 Å². The van der Waals surface area contributed by atoms with Crippen molar-refractivity contribution in [3.8, 4) is 0 Å². The molecule has 0 spiro atoms. The maximum Gasteiger partial charge on any atom is 0.225 e. The Morgan fingerprint density at radius 2 is 2.05 bits per heavy atom. The highest BCUT2D eigenvalue weighted by Gasteiger charge is 2.09. The van der Waals surface area contributed by atoms with Crippen LogP contribution in [0.5, 0.6) is 0 Å². The Hall–Kier alpha value is -1.49. The van der Waals surface area contributed by atoms with Gasteiger partial charge in [0.15, 0.2) is 0 Å². The third-order valence-electron chi connectivity index (χ3n) is 2.94. The van der Waals surface area contributed by atoms with Crippen molar-refractivity contribution in [2.75, 3.05) is 29.2 Å². The van der Waals surface area contributed by atoms with E-state index in [1.54, 1.807) is 0 Å². The first-order valence-electron chi connectivity index (χ1n) is 7.00. The van der Waals surface area contributed by atoms with Gasteiger partial charge in [-0.05, 0) is 31.7 Å². The number of hydrogen-bond donors (Lipinski definition) is 2. The first-order chi connectivity index (χ1) is 9.74. The summed E-state index contributed by atoms with van der Waals surface area (Å²) >= 11 is 1.83. The van der Waals surface area contributed by atoms with E-state index in [4.69, 9.17) is 0 Å². The molecule has 0 saturated carbocycles. The number of thioether (sulfide) groups is 1. The number of rotatable bonds is 7. The van der Waals surface area contributed by atoms with E-state index in [1.807, 2.05) is 30.0 Å².